The van der Waals surface area contributed by atoms with Crippen molar-refractivity contribution in [1.29, 1.82) is 0 Å². The molecule has 1 aliphatic heterocycles. The molecule has 1 N–H and O–H groups in total. The minimum absolute atomic E-state index is 0.537. The van der Waals surface area contributed by atoms with Crippen LogP contribution in [-0.4, -0.2) is 13.1 Å². The number of benzene rings is 1. The number of allylic oxidation sites excluding steroid dienone is 1. The second-order valence-electron chi connectivity index (χ2n) is 5.75. The van der Waals surface area contributed by atoms with Gasteiger partial charge in [0.2, 0.25) is 0 Å². The van der Waals surface area contributed by atoms with Gasteiger partial charge in [0.15, 0.2) is 0 Å². The lowest BCUT2D eigenvalue weighted by atomic mass is 9.58. The number of alkyl halides is 3. The molecule has 0 atom stereocenters. The summed E-state index contributed by atoms with van der Waals surface area (Å²) in [6.07, 6.45) is 2.23. The minimum atomic E-state index is -4.25. The van der Waals surface area contributed by atoms with Gasteiger partial charge in [-0.05, 0) is 41.9 Å². The number of hydrogen-bond acceptors (Lipinski definition) is 1. The molecule has 0 aromatic heterocycles. The highest BCUT2D eigenvalue weighted by Gasteiger charge is 2.47. The first-order chi connectivity index (χ1) is 8.97. The van der Waals surface area contributed by atoms with Crippen molar-refractivity contribution in [2.75, 3.05) is 13.1 Å². The predicted molar refractivity (Wildman–Crippen MR) is 68.5 cm³/mol. The third-order valence-electron chi connectivity index (χ3n) is 4.19. The highest BCUT2D eigenvalue weighted by Crippen LogP contribution is 2.49. The molecule has 2 aliphatic rings. The third-order valence-corrected chi connectivity index (χ3v) is 4.19. The molecule has 1 aromatic carbocycles. The smallest absolute Gasteiger partial charge is 0.316 e. The van der Waals surface area contributed by atoms with Crippen molar-refractivity contribution in [3.8, 4) is 0 Å². The summed E-state index contributed by atoms with van der Waals surface area (Å²) in [5.74, 6) is 0.587. The maximum absolute atomic E-state index is 12.4. The van der Waals surface area contributed by atoms with Gasteiger partial charge in [-0.3, -0.25) is 0 Å². The van der Waals surface area contributed by atoms with E-state index in [2.05, 4.69) is 11.4 Å². The molecule has 0 bridgehead atoms. The zero-order valence-electron chi connectivity index (χ0n) is 10.5. The van der Waals surface area contributed by atoms with Gasteiger partial charge in [-0.1, -0.05) is 24.3 Å². The van der Waals surface area contributed by atoms with Crippen molar-refractivity contribution in [1.82, 2.24) is 5.32 Å². The van der Waals surface area contributed by atoms with Crippen LogP contribution < -0.4 is 5.32 Å². The van der Waals surface area contributed by atoms with Crippen LogP contribution in [0.15, 0.2) is 30.3 Å². The Morgan fingerprint density at radius 3 is 2.21 bits per heavy atom. The molecule has 0 amide bonds. The molecule has 1 saturated carbocycles. The molecular weight excluding hydrogens is 251 g/mol. The van der Waals surface area contributed by atoms with Crippen LogP contribution in [0.3, 0.4) is 0 Å². The molecule has 1 heterocycles. The van der Waals surface area contributed by atoms with Crippen molar-refractivity contribution in [3.05, 3.63) is 41.5 Å². The van der Waals surface area contributed by atoms with E-state index in [4.69, 9.17) is 0 Å². The summed E-state index contributed by atoms with van der Waals surface area (Å²) < 4.78 is 37.2. The van der Waals surface area contributed by atoms with E-state index < -0.39 is 11.7 Å². The second-order valence-corrected chi connectivity index (χ2v) is 5.75. The summed E-state index contributed by atoms with van der Waals surface area (Å²) in [4.78, 5) is 0. The van der Waals surface area contributed by atoms with Crippen molar-refractivity contribution < 1.29 is 13.2 Å². The predicted octanol–water partition coefficient (Wildman–Crippen LogP) is 3.72. The average molecular weight is 267 g/mol. The fourth-order valence-electron chi connectivity index (χ4n) is 2.99. The lowest BCUT2D eigenvalue weighted by Crippen LogP contribution is -2.59. The van der Waals surface area contributed by atoms with Crippen LogP contribution in [0.2, 0.25) is 0 Å². The Bertz CT molecular complexity index is 475. The first-order valence-corrected chi connectivity index (χ1v) is 6.53. The van der Waals surface area contributed by atoms with Crippen LogP contribution in [-0.2, 0) is 6.18 Å². The van der Waals surface area contributed by atoms with Gasteiger partial charge in [0.05, 0.1) is 5.56 Å². The zero-order chi connectivity index (χ0) is 13.5. The Labute approximate surface area is 110 Å². The van der Waals surface area contributed by atoms with Crippen molar-refractivity contribution in [3.63, 3.8) is 0 Å². The molecule has 1 spiro atoms. The van der Waals surface area contributed by atoms with Gasteiger partial charge < -0.3 is 5.32 Å². The number of hydrogen-bond donors (Lipinski definition) is 1. The molecule has 4 heteroatoms. The van der Waals surface area contributed by atoms with Gasteiger partial charge in [0.1, 0.15) is 0 Å². The highest BCUT2D eigenvalue weighted by molar-refractivity contribution is 5.50. The van der Waals surface area contributed by atoms with Gasteiger partial charge >= 0.3 is 6.18 Å². The lowest BCUT2D eigenvalue weighted by molar-refractivity contribution is -0.137. The first kappa shape index (κ1) is 12.7. The fourth-order valence-corrected chi connectivity index (χ4v) is 2.99. The topological polar surface area (TPSA) is 12.0 Å². The van der Waals surface area contributed by atoms with Crippen molar-refractivity contribution in [2.24, 2.45) is 11.3 Å². The molecule has 1 aromatic rings. The zero-order valence-corrected chi connectivity index (χ0v) is 10.5. The highest BCUT2D eigenvalue weighted by atomic mass is 19.4. The average Bonchev–Trinajstić information content (AvgIpc) is 2.24. The molecule has 1 nitrogen and oxygen atoms in total. The molecule has 1 saturated heterocycles. The van der Waals surface area contributed by atoms with Gasteiger partial charge in [0, 0.05) is 13.1 Å². The monoisotopic (exact) mass is 267 g/mol. The quantitative estimate of drug-likeness (QED) is 0.861. The summed E-state index contributed by atoms with van der Waals surface area (Å²) in [6, 6.07) is 5.33. The largest absolute Gasteiger partial charge is 0.416 e. The molecule has 3 rings (SSSR count). The molecular formula is C15H16F3N. The minimum Gasteiger partial charge on any atom is -0.316 e. The Morgan fingerprint density at radius 2 is 1.74 bits per heavy atom. The molecule has 0 radical (unpaired) electrons. The second kappa shape index (κ2) is 4.37. The van der Waals surface area contributed by atoms with Crippen molar-refractivity contribution in [2.45, 2.75) is 19.0 Å². The number of nitrogens with one attached hydrogen (secondary N) is 1. The van der Waals surface area contributed by atoms with Gasteiger partial charge in [-0.2, -0.15) is 13.2 Å². The van der Waals surface area contributed by atoms with E-state index >= 15 is 0 Å². The summed E-state index contributed by atoms with van der Waals surface area (Å²) in [6.45, 7) is 2.25. The summed E-state index contributed by atoms with van der Waals surface area (Å²) in [5.41, 5.74) is 0.781. The Kier molecular flexibility index (Phi) is 2.93. The van der Waals surface area contributed by atoms with E-state index in [1.807, 2.05) is 6.08 Å². The van der Waals surface area contributed by atoms with Crippen LogP contribution in [0.4, 0.5) is 13.2 Å². The Hall–Kier alpha value is -1.29. The van der Waals surface area contributed by atoms with Gasteiger partial charge in [0.25, 0.3) is 0 Å². The fraction of sp³-hybridized carbons (Fsp3) is 0.467. The van der Waals surface area contributed by atoms with Gasteiger partial charge in [-0.25, -0.2) is 0 Å². The van der Waals surface area contributed by atoms with Gasteiger partial charge in [-0.15, -0.1) is 0 Å². The SMILES string of the molecule is FC(F)(F)c1ccc(/C=C/C2CC3(CNC3)C2)cc1. The Morgan fingerprint density at radius 1 is 1.11 bits per heavy atom. The Balaban J connectivity index is 1.58. The van der Waals surface area contributed by atoms with Crippen LogP contribution >= 0.6 is 0 Å². The van der Waals surface area contributed by atoms with E-state index in [-0.39, 0.29) is 0 Å². The molecule has 2 fully saturated rings. The molecule has 1 aliphatic carbocycles. The molecule has 102 valence electrons. The van der Waals surface area contributed by atoms with E-state index in [9.17, 15) is 13.2 Å². The van der Waals surface area contributed by atoms with Crippen LogP contribution in [0.1, 0.15) is 24.0 Å². The standard InChI is InChI=1S/C15H16F3N/c16-15(17,18)13-5-3-11(4-6-13)1-2-12-7-14(8-12)9-19-10-14/h1-6,12,19H,7-10H2/b2-1+. The molecule has 19 heavy (non-hydrogen) atoms. The summed E-state index contributed by atoms with van der Waals surface area (Å²) >= 11 is 0. The van der Waals surface area contributed by atoms with Crippen molar-refractivity contribution >= 4 is 6.08 Å². The summed E-state index contributed by atoms with van der Waals surface area (Å²) in [7, 11) is 0. The molecule has 0 unspecified atom stereocenters. The van der Waals surface area contributed by atoms with E-state index in [0.29, 0.717) is 11.3 Å². The van der Waals surface area contributed by atoms with E-state index in [0.717, 1.165) is 30.8 Å². The normalized spacial score (nSPS) is 22.5. The maximum Gasteiger partial charge on any atom is 0.416 e. The first-order valence-electron chi connectivity index (χ1n) is 6.53. The van der Waals surface area contributed by atoms with Crippen LogP contribution in [0.25, 0.3) is 6.08 Å². The summed E-state index contributed by atoms with van der Waals surface area (Å²) in [5, 5.41) is 3.29. The van der Waals surface area contributed by atoms with Crippen LogP contribution in [0.5, 0.6) is 0 Å². The lowest BCUT2D eigenvalue weighted by Gasteiger charge is -2.53. The van der Waals surface area contributed by atoms with E-state index in [1.165, 1.54) is 25.0 Å². The van der Waals surface area contributed by atoms with Crippen LogP contribution in [0, 0.1) is 11.3 Å². The third kappa shape index (κ3) is 2.54. The van der Waals surface area contributed by atoms with E-state index in [1.54, 1.807) is 0 Å². The maximum atomic E-state index is 12.4. The number of rotatable bonds is 2. The number of halogens is 3.